The lowest BCUT2D eigenvalue weighted by Gasteiger charge is -2.25. The van der Waals surface area contributed by atoms with Gasteiger partial charge in [-0.2, -0.15) is 0 Å². The summed E-state index contributed by atoms with van der Waals surface area (Å²) >= 11 is 0. The molecule has 1 atom stereocenters. The number of carbonyl (C=O) groups excluding carboxylic acids is 1. The monoisotopic (exact) mass is 276 g/mol. The van der Waals surface area contributed by atoms with Crippen molar-refractivity contribution in [2.45, 2.75) is 20.3 Å². The molecule has 0 aromatic heterocycles. The summed E-state index contributed by atoms with van der Waals surface area (Å²) in [6.07, 6.45) is 0.722. The van der Waals surface area contributed by atoms with Crippen molar-refractivity contribution in [3.63, 3.8) is 0 Å². The predicted octanol–water partition coefficient (Wildman–Crippen LogP) is 1.66. The number of nitrogens with one attached hydrogen (secondary N) is 1. The van der Waals surface area contributed by atoms with Gasteiger partial charge in [0.25, 0.3) is 0 Å². The van der Waals surface area contributed by atoms with Gasteiger partial charge in [-0.15, -0.1) is 0 Å². The van der Waals surface area contributed by atoms with Crippen LogP contribution in [0.25, 0.3) is 0 Å². The van der Waals surface area contributed by atoms with E-state index < -0.39 is 11.4 Å². The van der Waals surface area contributed by atoms with Crippen molar-refractivity contribution >= 4 is 17.6 Å². The van der Waals surface area contributed by atoms with E-state index >= 15 is 0 Å². The Hall–Kier alpha value is -2.04. The minimum atomic E-state index is -0.933. The summed E-state index contributed by atoms with van der Waals surface area (Å²) in [6, 6.07) is 5.40. The molecule has 108 valence electrons. The zero-order valence-corrected chi connectivity index (χ0v) is 12.1. The van der Waals surface area contributed by atoms with Crippen LogP contribution in [0.3, 0.4) is 0 Å². The maximum atomic E-state index is 11.9. The molecule has 1 saturated heterocycles. The predicted molar refractivity (Wildman–Crippen MR) is 77.1 cm³/mol. The number of nitrogens with zero attached hydrogens (tertiary/aromatic N) is 1. The van der Waals surface area contributed by atoms with Crippen molar-refractivity contribution in [1.29, 1.82) is 0 Å². The van der Waals surface area contributed by atoms with E-state index in [1.165, 1.54) is 0 Å². The molecule has 5 nitrogen and oxygen atoms in total. The number of carboxylic acids is 1. The smallest absolute Gasteiger partial charge is 0.337 e. The highest BCUT2D eigenvalue weighted by atomic mass is 16.4. The van der Waals surface area contributed by atoms with Crippen LogP contribution in [0.2, 0.25) is 0 Å². The van der Waals surface area contributed by atoms with Gasteiger partial charge in [-0.05, 0) is 32.4 Å². The van der Waals surface area contributed by atoms with E-state index in [0.717, 1.165) is 12.0 Å². The van der Waals surface area contributed by atoms with Gasteiger partial charge < -0.3 is 15.3 Å². The second-order valence-electron chi connectivity index (χ2n) is 5.64. The first-order chi connectivity index (χ1) is 9.37. The maximum absolute atomic E-state index is 11.9. The molecular formula is C15H20N2O3. The van der Waals surface area contributed by atoms with Gasteiger partial charge in [0, 0.05) is 20.1 Å². The lowest BCUT2D eigenvalue weighted by molar-refractivity contribution is -0.128. The van der Waals surface area contributed by atoms with Crippen LogP contribution in [-0.4, -0.2) is 37.1 Å². The number of benzene rings is 1. The van der Waals surface area contributed by atoms with E-state index in [2.05, 4.69) is 5.32 Å². The van der Waals surface area contributed by atoms with Crippen LogP contribution in [0.5, 0.6) is 0 Å². The highest BCUT2D eigenvalue weighted by molar-refractivity contribution is 5.95. The normalized spacial score (nSPS) is 21.9. The third-order valence-electron chi connectivity index (χ3n) is 3.97. The molecular weight excluding hydrogens is 256 g/mol. The van der Waals surface area contributed by atoms with Crippen LogP contribution in [0, 0.1) is 12.3 Å². The van der Waals surface area contributed by atoms with Crippen LogP contribution in [-0.2, 0) is 4.79 Å². The van der Waals surface area contributed by atoms with Crippen molar-refractivity contribution in [3.05, 3.63) is 29.3 Å². The molecule has 1 aromatic rings. The molecule has 1 aliphatic heterocycles. The minimum Gasteiger partial charge on any atom is -0.478 e. The van der Waals surface area contributed by atoms with E-state index in [9.17, 15) is 14.7 Å². The van der Waals surface area contributed by atoms with Gasteiger partial charge in [0.1, 0.15) is 0 Å². The van der Waals surface area contributed by atoms with Crippen LogP contribution in [0.1, 0.15) is 29.3 Å². The van der Waals surface area contributed by atoms with Gasteiger partial charge in [0.05, 0.1) is 16.7 Å². The standard InChI is InChI=1S/C15H20N2O3/c1-10-4-5-12(11(8-10)13(18)19)17-7-6-15(2,9-17)14(20)16-3/h4-5,8H,6-7,9H2,1-3H3,(H,16,20)(H,18,19). The number of amides is 1. The molecule has 1 aliphatic rings. The number of anilines is 1. The van der Waals surface area contributed by atoms with E-state index in [4.69, 9.17) is 0 Å². The van der Waals surface area contributed by atoms with E-state index in [0.29, 0.717) is 24.3 Å². The van der Waals surface area contributed by atoms with E-state index in [1.807, 2.05) is 30.9 Å². The second kappa shape index (κ2) is 5.15. The summed E-state index contributed by atoms with van der Waals surface area (Å²) in [7, 11) is 1.63. The topological polar surface area (TPSA) is 69.6 Å². The number of carbonyl (C=O) groups is 2. The molecule has 5 heteroatoms. The van der Waals surface area contributed by atoms with E-state index in [1.54, 1.807) is 13.1 Å². The largest absolute Gasteiger partial charge is 0.478 e. The van der Waals surface area contributed by atoms with Gasteiger partial charge in [0.15, 0.2) is 0 Å². The second-order valence-corrected chi connectivity index (χ2v) is 5.64. The third-order valence-corrected chi connectivity index (χ3v) is 3.97. The van der Waals surface area contributed by atoms with Crippen LogP contribution in [0.15, 0.2) is 18.2 Å². The Kier molecular flexibility index (Phi) is 3.70. The van der Waals surface area contributed by atoms with Crippen LogP contribution in [0.4, 0.5) is 5.69 Å². The highest BCUT2D eigenvalue weighted by Crippen LogP contribution is 2.35. The fraction of sp³-hybridized carbons (Fsp3) is 0.467. The Labute approximate surface area is 118 Å². The fourth-order valence-electron chi connectivity index (χ4n) is 2.75. The lowest BCUT2D eigenvalue weighted by atomic mass is 9.89. The first-order valence-electron chi connectivity index (χ1n) is 6.68. The van der Waals surface area contributed by atoms with Crippen molar-refractivity contribution in [1.82, 2.24) is 5.32 Å². The molecule has 1 amide bonds. The van der Waals surface area contributed by atoms with Gasteiger partial charge in [0.2, 0.25) is 5.91 Å². The molecule has 0 spiro atoms. The summed E-state index contributed by atoms with van der Waals surface area (Å²) in [5.41, 5.74) is 1.44. The summed E-state index contributed by atoms with van der Waals surface area (Å²) in [5.74, 6) is -0.929. The Morgan fingerprint density at radius 1 is 1.40 bits per heavy atom. The minimum absolute atomic E-state index is 0.00369. The number of rotatable bonds is 3. The molecule has 0 saturated carbocycles. The van der Waals surface area contributed by atoms with Crippen molar-refractivity contribution in [3.8, 4) is 0 Å². The first kappa shape index (κ1) is 14.4. The maximum Gasteiger partial charge on any atom is 0.337 e. The first-order valence-corrected chi connectivity index (χ1v) is 6.68. The molecule has 0 aliphatic carbocycles. The van der Waals surface area contributed by atoms with Gasteiger partial charge in [-0.1, -0.05) is 11.6 Å². The average Bonchev–Trinajstić information content (AvgIpc) is 2.81. The lowest BCUT2D eigenvalue weighted by Crippen LogP contribution is -2.39. The van der Waals surface area contributed by atoms with Gasteiger partial charge >= 0.3 is 5.97 Å². The molecule has 1 fully saturated rings. The summed E-state index contributed by atoms with van der Waals surface area (Å²) in [6.45, 7) is 5.01. The Bertz CT molecular complexity index is 556. The summed E-state index contributed by atoms with van der Waals surface area (Å²) in [5, 5.41) is 12.0. The summed E-state index contributed by atoms with van der Waals surface area (Å²) < 4.78 is 0. The average molecular weight is 276 g/mol. The Balaban J connectivity index is 2.31. The zero-order valence-electron chi connectivity index (χ0n) is 12.1. The quantitative estimate of drug-likeness (QED) is 0.881. The molecule has 1 aromatic carbocycles. The molecule has 1 unspecified atom stereocenters. The molecule has 0 radical (unpaired) electrons. The third kappa shape index (κ3) is 2.48. The number of aryl methyl sites for hydroxylation is 1. The SMILES string of the molecule is CNC(=O)C1(C)CCN(c2ccc(C)cc2C(=O)O)C1. The molecule has 0 bridgehead atoms. The van der Waals surface area contributed by atoms with Crippen molar-refractivity contribution in [2.75, 3.05) is 25.0 Å². The number of hydrogen-bond donors (Lipinski definition) is 2. The number of carboxylic acid groups (broad SMARTS) is 1. The van der Waals surface area contributed by atoms with Crippen molar-refractivity contribution in [2.24, 2.45) is 5.41 Å². The van der Waals surface area contributed by atoms with Crippen LogP contribution >= 0.6 is 0 Å². The Morgan fingerprint density at radius 3 is 2.70 bits per heavy atom. The molecule has 2 rings (SSSR count). The fourth-order valence-corrected chi connectivity index (χ4v) is 2.75. The van der Waals surface area contributed by atoms with Gasteiger partial charge in [-0.3, -0.25) is 4.79 Å². The van der Waals surface area contributed by atoms with Crippen LogP contribution < -0.4 is 10.2 Å². The summed E-state index contributed by atoms with van der Waals surface area (Å²) in [4.78, 5) is 25.3. The van der Waals surface area contributed by atoms with E-state index in [-0.39, 0.29) is 5.91 Å². The molecule has 20 heavy (non-hydrogen) atoms. The number of aromatic carboxylic acids is 1. The van der Waals surface area contributed by atoms with Crippen molar-refractivity contribution < 1.29 is 14.7 Å². The van der Waals surface area contributed by atoms with Gasteiger partial charge in [-0.25, -0.2) is 4.79 Å². The zero-order chi connectivity index (χ0) is 14.9. The Morgan fingerprint density at radius 2 is 2.10 bits per heavy atom. The molecule has 2 N–H and O–H groups in total. The number of hydrogen-bond acceptors (Lipinski definition) is 3. The highest BCUT2D eigenvalue weighted by Gasteiger charge is 2.40. The molecule has 1 heterocycles.